The molecule has 5 rings (SSSR count). The Labute approximate surface area is 181 Å². The standard InChI is InChI=1S/C26H23ClN2O/c1-16-6-8-18(9-7-16)26-25-23(28-21-4-2-3-5-22(21)29-26)14-19(15-24(25)30)17-10-12-20(27)13-11-17/h2-13,19,26,28-29H,14-15H2,1H3/t19-,26+/m0/s1. The number of halogens is 1. The zero-order chi connectivity index (χ0) is 20.7. The van der Waals surface area contributed by atoms with Gasteiger partial charge in [0.15, 0.2) is 5.78 Å². The van der Waals surface area contributed by atoms with Crippen LogP contribution in [0.4, 0.5) is 11.4 Å². The molecule has 0 spiro atoms. The molecule has 0 saturated heterocycles. The molecule has 0 unspecified atom stereocenters. The molecular weight excluding hydrogens is 392 g/mol. The van der Waals surface area contributed by atoms with E-state index in [9.17, 15) is 4.79 Å². The number of carbonyl (C=O) groups is 1. The summed E-state index contributed by atoms with van der Waals surface area (Å²) < 4.78 is 0. The van der Waals surface area contributed by atoms with E-state index in [-0.39, 0.29) is 17.7 Å². The summed E-state index contributed by atoms with van der Waals surface area (Å²) >= 11 is 6.07. The summed E-state index contributed by atoms with van der Waals surface area (Å²) in [7, 11) is 0. The van der Waals surface area contributed by atoms with Crippen molar-refractivity contribution in [2.24, 2.45) is 0 Å². The van der Waals surface area contributed by atoms with Crippen molar-refractivity contribution in [3.63, 3.8) is 0 Å². The average Bonchev–Trinajstić information content (AvgIpc) is 2.91. The Bertz CT molecular complexity index is 1130. The van der Waals surface area contributed by atoms with Crippen LogP contribution in [0.25, 0.3) is 0 Å². The number of allylic oxidation sites excluding steroid dienone is 1. The number of nitrogens with one attached hydrogen (secondary N) is 2. The van der Waals surface area contributed by atoms with Gasteiger partial charge in [-0.15, -0.1) is 0 Å². The molecular formula is C26H23ClN2O. The number of para-hydroxylation sites is 2. The minimum atomic E-state index is -0.171. The van der Waals surface area contributed by atoms with Crippen molar-refractivity contribution >= 4 is 28.8 Å². The number of hydrogen-bond acceptors (Lipinski definition) is 3. The average molecular weight is 415 g/mol. The van der Waals surface area contributed by atoms with E-state index in [1.807, 2.05) is 36.4 Å². The summed E-state index contributed by atoms with van der Waals surface area (Å²) in [5, 5.41) is 7.93. The minimum absolute atomic E-state index is 0.143. The highest BCUT2D eigenvalue weighted by atomic mass is 35.5. The third-order valence-electron chi connectivity index (χ3n) is 6.06. The summed E-state index contributed by atoms with van der Waals surface area (Å²) in [6.45, 7) is 2.08. The van der Waals surface area contributed by atoms with Crippen LogP contribution in [0.15, 0.2) is 84.1 Å². The first-order valence-corrected chi connectivity index (χ1v) is 10.7. The molecule has 0 aromatic heterocycles. The molecule has 0 amide bonds. The molecule has 3 aromatic carbocycles. The highest BCUT2D eigenvalue weighted by Gasteiger charge is 2.35. The number of benzene rings is 3. The van der Waals surface area contributed by atoms with Crippen molar-refractivity contribution in [2.45, 2.75) is 31.7 Å². The topological polar surface area (TPSA) is 41.1 Å². The summed E-state index contributed by atoms with van der Waals surface area (Å²) in [4.78, 5) is 13.5. The molecule has 1 heterocycles. The Morgan fingerprint density at radius 2 is 1.50 bits per heavy atom. The summed E-state index contributed by atoms with van der Waals surface area (Å²) in [6.07, 6.45) is 1.30. The van der Waals surface area contributed by atoms with E-state index in [0.29, 0.717) is 11.4 Å². The molecule has 0 bridgehead atoms. The molecule has 3 nitrogen and oxygen atoms in total. The van der Waals surface area contributed by atoms with Gasteiger partial charge in [-0.3, -0.25) is 4.79 Å². The number of hydrogen-bond donors (Lipinski definition) is 2. The molecule has 0 radical (unpaired) electrons. The van der Waals surface area contributed by atoms with Gasteiger partial charge >= 0.3 is 0 Å². The van der Waals surface area contributed by atoms with Gasteiger partial charge < -0.3 is 10.6 Å². The fourth-order valence-corrected chi connectivity index (χ4v) is 4.60. The van der Waals surface area contributed by atoms with Crippen LogP contribution in [-0.4, -0.2) is 5.78 Å². The fourth-order valence-electron chi connectivity index (χ4n) is 4.47. The number of fused-ring (bicyclic) bond motifs is 1. The molecule has 2 aliphatic rings. The van der Waals surface area contributed by atoms with Gasteiger partial charge in [-0.1, -0.05) is 65.7 Å². The van der Waals surface area contributed by atoms with E-state index >= 15 is 0 Å². The Balaban J connectivity index is 1.60. The van der Waals surface area contributed by atoms with E-state index in [2.05, 4.69) is 54.0 Å². The van der Waals surface area contributed by atoms with Crippen LogP contribution in [0, 0.1) is 6.92 Å². The van der Waals surface area contributed by atoms with Crippen molar-refractivity contribution in [1.82, 2.24) is 0 Å². The van der Waals surface area contributed by atoms with Crippen LogP contribution in [0.1, 0.15) is 41.5 Å². The zero-order valence-electron chi connectivity index (χ0n) is 16.8. The lowest BCUT2D eigenvalue weighted by Gasteiger charge is -2.30. The van der Waals surface area contributed by atoms with Crippen molar-refractivity contribution in [3.05, 3.63) is 106 Å². The lowest BCUT2D eigenvalue weighted by Crippen LogP contribution is -2.26. The summed E-state index contributed by atoms with van der Waals surface area (Å²) in [5.41, 5.74) is 7.33. The quantitative estimate of drug-likeness (QED) is 0.494. The molecule has 2 N–H and O–H groups in total. The highest BCUT2D eigenvalue weighted by molar-refractivity contribution is 6.30. The van der Waals surface area contributed by atoms with E-state index in [1.165, 1.54) is 5.56 Å². The van der Waals surface area contributed by atoms with Crippen LogP contribution in [0.3, 0.4) is 0 Å². The van der Waals surface area contributed by atoms with E-state index < -0.39 is 0 Å². The SMILES string of the molecule is Cc1ccc([C@H]2Nc3ccccc3NC3=C2C(=O)C[C@@H](c2ccc(Cl)cc2)C3)cc1. The van der Waals surface area contributed by atoms with Gasteiger partial charge in [0.05, 0.1) is 17.4 Å². The molecule has 150 valence electrons. The van der Waals surface area contributed by atoms with Crippen molar-refractivity contribution in [2.75, 3.05) is 10.6 Å². The van der Waals surface area contributed by atoms with Crippen LogP contribution < -0.4 is 10.6 Å². The number of Topliss-reactive ketones (excluding diaryl/α,β-unsaturated/α-hetero) is 1. The molecule has 0 saturated carbocycles. The van der Waals surface area contributed by atoms with Crippen molar-refractivity contribution in [1.29, 1.82) is 0 Å². The number of rotatable bonds is 2. The Kier molecular flexibility index (Phi) is 4.84. The smallest absolute Gasteiger partial charge is 0.163 e. The molecule has 2 atom stereocenters. The fraction of sp³-hybridized carbons (Fsp3) is 0.192. The first-order chi connectivity index (χ1) is 14.6. The maximum atomic E-state index is 13.5. The highest BCUT2D eigenvalue weighted by Crippen LogP contribution is 2.44. The number of aryl methyl sites for hydroxylation is 1. The molecule has 1 aliphatic heterocycles. The van der Waals surface area contributed by atoms with Crippen molar-refractivity contribution < 1.29 is 4.79 Å². The van der Waals surface area contributed by atoms with E-state index in [4.69, 9.17) is 11.6 Å². The van der Waals surface area contributed by atoms with E-state index in [1.54, 1.807) is 0 Å². The lowest BCUT2D eigenvalue weighted by molar-refractivity contribution is -0.116. The van der Waals surface area contributed by atoms with Crippen LogP contribution >= 0.6 is 11.6 Å². The van der Waals surface area contributed by atoms with Crippen LogP contribution in [0.5, 0.6) is 0 Å². The minimum Gasteiger partial charge on any atom is -0.372 e. The second-order valence-corrected chi connectivity index (χ2v) is 8.57. The van der Waals surface area contributed by atoms with Gasteiger partial charge in [0.25, 0.3) is 0 Å². The summed E-state index contributed by atoms with van der Waals surface area (Å²) in [5.74, 6) is 0.333. The van der Waals surface area contributed by atoms with Crippen molar-refractivity contribution in [3.8, 4) is 0 Å². The second kappa shape index (κ2) is 7.66. The second-order valence-electron chi connectivity index (χ2n) is 8.13. The van der Waals surface area contributed by atoms with Gasteiger partial charge in [-0.2, -0.15) is 0 Å². The van der Waals surface area contributed by atoms with Crippen LogP contribution in [0.2, 0.25) is 5.02 Å². The lowest BCUT2D eigenvalue weighted by atomic mass is 9.78. The number of anilines is 2. The number of ketones is 1. The van der Waals surface area contributed by atoms with Gasteiger partial charge in [-0.05, 0) is 54.7 Å². The largest absolute Gasteiger partial charge is 0.372 e. The Morgan fingerprint density at radius 1 is 0.833 bits per heavy atom. The monoisotopic (exact) mass is 414 g/mol. The van der Waals surface area contributed by atoms with Gasteiger partial charge in [-0.25, -0.2) is 0 Å². The Morgan fingerprint density at radius 3 is 2.23 bits per heavy atom. The van der Waals surface area contributed by atoms with Gasteiger partial charge in [0.2, 0.25) is 0 Å². The maximum Gasteiger partial charge on any atom is 0.163 e. The van der Waals surface area contributed by atoms with Gasteiger partial charge in [0, 0.05) is 22.7 Å². The maximum absolute atomic E-state index is 13.5. The zero-order valence-corrected chi connectivity index (χ0v) is 17.5. The van der Waals surface area contributed by atoms with Crippen LogP contribution in [-0.2, 0) is 4.79 Å². The van der Waals surface area contributed by atoms with Gasteiger partial charge in [0.1, 0.15) is 0 Å². The molecule has 3 aromatic rings. The third kappa shape index (κ3) is 3.50. The number of carbonyl (C=O) groups excluding carboxylic acids is 1. The third-order valence-corrected chi connectivity index (χ3v) is 6.31. The first kappa shape index (κ1) is 19.0. The predicted molar refractivity (Wildman–Crippen MR) is 123 cm³/mol. The Hall–Kier alpha value is -3.04. The van der Waals surface area contributed by atoms with E-state index in [0.717, 1.165) is 40.2 Å². The normalized spacial score (nSPS) is 20.5. The molecule has 4 heteroatoms. The first-order valence-electron chi connectivity index (χ1n) is 10.3. The molecule has 0 fully saturated rings. The molecule has 30 heavy (non-hydrogen) atoms. The summed E-state index contributed by atoms with van der Waals surface area (Å²) in [6, 6.07) is 24.3. The predicted octanol–water partition coefficient (Wildman–Crippen LogP) is 6.63. The molecule has 1 aliphatic carbocycles.